The van der Waals surface area contributed by atoms with Crippen molar-refractivity contribution in [3.63, 3.8) is 0 Å². The van der Waals surface area contributed by atoms with E-state index in [-0.39, 0.29) is 6.42 Å². The molecule has 1 aliphatic carbocycles. The second-order valence-corrected chi connectivity index (χ2v) is 9.33. The van der Waals surface area contributed by atoms with Crippen molar-refractivity contribution in [3.05, 3.63) is 0 Å². The first-order valence-electron chi connectivity index (χ1n) is 8.42. The van der Waals surface area contributed by atoms with E-state index in [4.69, 9.17) is 4.74 Å². The van der Waals surface area contributed by atoms with Gasteiger partial charge in [0.15, 0.2) is 0 Å². The Kier molecular flexibility index (Phi) is 7.68. The number of hydrogen-bond acceptors (Lipinski definition) is 3. The molecule has 0 heterocycles. The number of rotatable bonds is 6. The monoisotopic (exact) mass is 504 g/mol. The van der Waals surface area contributed by atoms with Crippen LogP contribution in [-0.4, -0.2) is 38.6 Å². The average molecular weight is 504 g/mol. The van der Waals surface area contributed by atoms with Gasteiger partial charge >= 0.3 is 18.3 Å². The smallest absolute Gasteiger partial charge is 0.430 e. The van der Waals surface area contributed by atoms with Crippen LogP contribution in [0.1, 0.15) is 58.8 Å². The maximum Gasteiger partial charge on any atom is 0.430 e. The van der Waals surface area contributed by atoms with Gasteiger partial charge in [-0.1, -0.05) is 61.6 Å². The molecular weight excluding hydrogens is 481 g/mol. The van der Waals surface area contributed by atoms with Crippen LogP contribution in [0.5, 0.6) is 0 Å². The molecule has 0 radical (unpaired) electrons. The maximum atomic E-state index is 13.3. The predicted octanol–water partition coefficient (Wildman–Crippen LogP) is 5.33. The lowest BCUT2D eigenvalue weighted by atomic mass is 9.80. The molecule has 0 saturated heterocycles. The number of carbonyl (C=O) groups excluding carboxylic acids is 1. The van der Waals surface area contributed by atoms with Crippen molar-refractivity contribution in [1.82, 2.24) is 0 Å². The Balaban J connectivity index is 3.25. The van der Waals surface area contributed by atoms with Crippen molar-refractivity contribution < 1.29 is 41.0 Å². The number of halogens is 7. The SMILES string of the molecule is CCC(C)(I)C(=O)OC(CC1CCCCC1)C(O)(C(F)(F)F)C(F)(F)F. The van der Waals surface area contributed by atoms with Gasteiger partial charge in [0.25, 0.3) is 5.60 Å². The first-order valence-corrected chi connectivity index (χ1v) is 9.50. The molecule has 1 aliphatic rings. The van der Waals surface area contributed by atoms with E-state index in [1.54, 1.807) is 29.5 Å². The quantitative estimate of drug-likeness (QED) is 0.230. The van der Waals surface area contributed by atoms with Crippen LogP contribution in [0.25, 0.3) is 0 Å². The van der Waals surface area contributed by atoms with E-state index in [2.05, 4.69) is 0 Å². The Labute approximate surface area is 162 Å². The molecule has 0 aromatic heterocycles. The van der Waals surface area contributed by atoms with Crippen molar-refractivity contribution in [3.8, 4) is 0 Å². The lowest BCUT2D eigenvalue weighted by molar-refractivity contribution is -0.392. The lowest BCUT2D eigenvalue weighted by Crippen LogP contribution is -2.66. The van der Waals surface area contributed by atoms with Crippen LogP contribution in [0.4, 0.5) is 26.3 Å². The average Bonchev–Trinajstić information content (AvgIpc) is 2.52. The summed E-state index contributed by atoms with van der Waals surface area (Å²) in [5.41, 5.74) is -5.10. The highest BCUT2D eigenvalue weighted by Gasteiger charge is 2.75. The van der Waals surface area contributed by atoms with Gasteiger partial charge in [0, 0.05) is 0 Å². The van der Waals surface area contributed by atoms with E-state index >= 15 is 0 Å². The molecule has 154 valence electrons. The number of hydrogen-bond donors (Lipinski definition) is 1. The van der Waals surface area contributed by atoms with Gasteiger partial charge in [-0.3, -0.25) is 4.79 Å². The maximum absolute atomic E-state index is 13.3. The minimum atomic E-state index is -6.03. The van der Waals surface area contributed by atoms with Crippen molar-refractivity contribution in [1.29, 1.82) is 0 Å². The molecule has 1 rings (SSSR count). The summed E-state index contributed by atoms with van der Waals surface area (Å²) in [6, 6.07) is 0. The molecule has 1 saturated carbocycles. The summed E-state index contributed by atoms with van der Waals surface area (Å²) < 4.78 is 83.0. The van der Waals surface area contributed by atoms with E-state index in [0.29, 0.717) is 25.7 Å². The van der Waals surface area contributed by atoms with Crippen molar-refractivity contribution >= 4 is 28.6 Å². The molecule has 1 N–H and O–H groups in total. The molecule has 10 heteroatoms. The summed E-state index contributed by atoms with van der Waals surface area (Å²) in [4.78, 5) is 12.2. The molecule has 3 nitrogen and oxygen atoms in total. The van der Waals surface area contributed by atoms with Gasteiger partial charge in [-0.2, -0.15) is 26.3 Å². The predicted molar refractivity (Wildman–Crippen MR) is 90.8 cm³/mol. The molecule has 0 aliphatic heterocycles. The number of aliphatic hydroxyl groups is 1. The number of alkyl halides is 7. The van der Waals surface area contributed by atoms with E-state index < -0.39 is 45.8 Å². The van der Waals surface area contributed by atoms with Crippen LogP contribution in [-0.2, 0) is 9.53 Å². The minimum absolute atomic E-state index is 0.152. The van der Waals surface area contributed by atoms with Crippen LogP contribution in [0.3, 0.4) is 0 Å². The highest BCUT2D eigenvalue weighted by molar-refractivity contribution is 14.1. The molecule has 0 spiro atoms. The third-order valence-electron chi connectivity index (χ3n) is 4.94. The van der Waals surface area contributed by atoms with Crippen molar-refractivity contribution in [2.75, 3.05) is 0 Å². The Morgan fingerprint density at radius 2 is 1.58 bits per heavy atom. The third kappa shape index (κ3) is 5.17. The van der Waals surface area contributed by atoms with Gasteiger partial charge in [-0.15, -0.1) is 0 Å². The fraction of sp³-hybridized carbons (Fsp3) is 0.938. The standard InChI is InChI=1S/C16H23F6IO3/c1-3-13(2,23)12(24)26-11(9-10-7-5-4-6-8-10)14(25,15(17,18)19)16(20,21)22/h10-11,25H,3-9H2,1-2H3. The van der Waals surface area contributed by atoms with E-state index in [1.807, 2.05) is 0 Å². The topological polar surface area (TPSA) is 46.5 Å². The Morgan fingerprint density at radius 3 is 1.96 bits per heavy atom. The second-order valence-electron chi connectivity index (χ2n) is 6.95. The van der Waals surface area contributed by atoms with Gasteiger partial charge in [0.05, 0.1) is 0 Å². The number of esters is 1. The fourth-order valence-corrected chi connectivity index (χ4v) is 3.08. The number of carbonyl (C=O) groups is 1. The zero-order valence-electron chi connectivity index (χ0n) is 14.5. The van der Waals surface area contributed by atoms with E-state index in [0.717, 1.165) is 6.42 Å². The van der Waals surface area contributed by atoms with Crippen molar-refractivity contribution in [2.45, 2.75) is 86.3 Å². The first kappa shape index (κ1) is 23.8. The van der Waals surface area contributed by atoms with Gasteiger partial charge in [0.1, 0.15) is 9.53 Å². The third-order valence-corrected chi connectivity index (χ3v) is 6.14. The van der Waals surface area contributed by atoms with Crippen molar-refractivity contribution in [2.24, 2.45) is 5.92 Å². The molecule has 1 fully saturated rings. The molecule has 0 aromatic carbocycles. The highest BCUT2D eigenvalue weighted by atomic mass is 127. The van der Waals surface area contributed by atoms with Gasteiger partial charge in [-0.05, 0) is 25.7 Å². The summed E-state index contributed by atoms with van der Waals surface area (Å²) in [7, 11) is 0. The molecule has 26 heavy (non-hydrogen) atoms. The van der Waals surface area contributed by atoms with Crippen LogP contribution in [0.2, 0.25) is 0 Å². The summed E-state index contributed by atoms with van der Waals surface area (Å²) in [5.74, 6) is -1.67. The summed E-state index contributed by atoms with van der Waals surface area (Å²) in [6.07, 6.45) is -12.2. The normalized spacial score (nSPS) is 21.2. The first-order chi connectivity index (χ1) is 11.7. The van der Waals surface area contributed by atoms with Gasteiger partial charge < -0.3 is 9.84 Å². The second kappa shape index (κ2) is 8.40. The molecule has 0 amide bonds. The van der Waals surface area contributed by atoms with Crippen LogP contribution in [0, 0.1) is 5.92 Å². The largest absolute Gasteiger partial charge is 0.458 e. The van der Waals surface area contributed by atoms with E-state index in [1.165, 1.54) is 6.92 Å². The van der Waals surface area contributed by atoms with Crippen LogP contribution < -0.4 is 0 Å². The zero-order valence-corrected chi connectivity index (χ0v) is 16.7. The molecular formula is C16H23F6IO3. The summed E-state index contributed by atoms with van der Waals surface area (Å²) in [6.45, 7) is 2.91. The van der Waals surface area contributed by atoms with Gasteiger partial charge in [0.2, 0.25) is 0 Å². The minimum Gasteiger partial charge on any atom is -0.458 e. The Bertz CT molecular complexity index is 469. The molecule has 0 aromatic rings. The van der Waals surface area contributed by atoms with Gasteiger partial charge in [-0.25, -0.2) is 0 Å². The summed E-state index contributed by atoms with van der Waals surface area (Å²) in [5, 5.41) is 9.73. The van der Waals surface area contributed by atoms with Crippen LogP contribution >= 0.6 is 22.6 Å². The summed E-state index contributed by atoms with van der Waals surface area (Å²) >= 11 is 1.62. The molecule has 0 bridgehead atoms. The Morgan fingerprint density at radius 1 is 1.12 bits per heavy atom. The van der Waals surface area contributed by atoms with E-state index in [9.17, 15) is 36.2 Å². The fourth-order valence-electron chi connectivity index (χ4n) is 2.95. The molecule has 2 atom stereocenters. The molecule has 2 unspecified atom stereocenters. The highest BCUT2D eigenvalue weighted by Crippen LogP contribution is 2.48. The zero-order chi connectivity index (χ0) is 20.4. The lowest BCUT2D eigenvalue weighted by Gasteiger charge is -2.40. The Hall–Kier alpha value is -0.260. The van der Waals surface area contributed by atoms with Crippen LogP contribution in [0.15, 0.2) is 0 Å². The number of ether oxygens (including phenoxy) is 1.